The molecule has 0 bridgehead atoms. The first kappa shape index (κ1) is 15.8. The molecule has 3 rings (SSSR count). The number of carbonyl (C=O) groups excluding carboxylic acids is 2. The minimum Gasteiger partial charge on any atom is -0.268 e. The van der Waals surface area contributed by atoms with Crippen LogP contribution in [0.4, 0.5) is 9.18 Å². The molecule has 0 N–H and O–H groups in total. The van der Waals surface area contributed by atoms with Crippen LogP contribution in [0.25, 0.3) is 6.08 Å². The Morgan fingerprint density at radius 1 is 1.09 bits per heavy atom. The van der Waals surface area contributed by atoms with Crippen molar-refractivity contribution in [1.29, 1.82) is 0 Å². The predicted molar refractivity (Wildman–Crippen MR) is 89.4 cm³/mol. The Morgan fingerprint density at radius 3 is 2.48 bits per heavy atom. The van der Waals surface area contributed by atoms with Crippen molar-refractivity contribution in [1.82, 2.24) is 4.90 Å². The number of carbonyl (C=O) groups is 2. The maximum atomic E-state index is 12.9. The monoisotopic (exact) mass is 347 g/mol. The zero-order valence-electron chi connectivity index (χ0n) is 11.8. The van der Waals surface area contributed by atoms with Gasteiger partial charge >= 0.3 is 0 Å². The Bertz CT molecular complexity index is 804. The van der Waals surface area contributed by atoms with Crippen LogP contribution in [-0.4, -0.2) is 16.0 Å². The van der Waals surface area contributed by atoms with Gasteiger partial charge in [0, 0.05) is 5.02 Å². The first-order chi connectivity index (χ1) is 11.0. The molecule has 0 radical (unpaired) electrons. The van der Waals surface area contributed by atoms with Gasteiger partial charge in [-0.3, -0.25) is 14.5 Å². The van der Waals surface area contributed by atoms with Gasteiger partial charge in [0.2, 0.25) is 0 Å². The second-order valence-electron chi connectivity index (χ2n) is 4.91. The summed E-state index contributed by atoms with van der Waals surface area (Å²) in [6, 6.07) is 12.8. The average Bonchev–Trinajstić information content (AvgIpc) is 2.79. The van der Waals surface area contributed by atoms with E-state index in [2.05, 4.69) is 0 Å². The summed E-state index contributed by atoms with van der Waals surface area (Å²) in [5.74, 6) is -0.724. The lowest BCUT2D eigenvalue weighted by molar-refractivity contribution is -0.123. The second kappa shape index (κ2) is 6.56. The zero-order chi connectivity index (χ0) is 16.4. The first-order valence-corrected chi connectivity index (χ1v) is 7.98. The van der Waals surface area contributed by atoms with Crippen molar-refractivity contribution >= 4 is 40.6 Å². The number of nitrogens with zero attached hydrogens (tertiary/aromatic N) is 1. The second-order valence-corrected chi connectivity index (χ2v) is 6.31. The highest BCUT2D eigenvalue weighted by molar-refractivity contribution is 8.18. The molecule has 2 aromatic carbocycles. The topological polar surface area (TPSA) is 37.4 Å². The number of rotatable bonds is 3. The molecule has 2 amide bonds. The largest absolute Gasteiger partial charge is 0.293 e. The summed E-state index contributed by atoms with van der Waals surface area (Å²) in [5.41, 5.74) is 1.37. The van der Waals surface area contributed by atoms with Crippen molar-refractivity contribution in [2.24, 2.45) is 0 Å². The van der Waals surface area contributed by atoms with Gasteiger partial charge in [0.1, 0.15) is 5.82 Å². The molecule has 1 aliphatic heterocycles. The molecule has 0 unspecified atom stereocenters. The first-order valence-electron chi connectivity index (χ1n) is 6.79. The lowest BCUT2D eigenvalue weighted by Gasteiger charge is -2.13. The lowest BCUT2D eigenvalue weighted by atomic mass is 10.2. The van der Waals surface area contributed by atoms with E-state index in [1.165, 1.54) is 12.1 Å². The number of hydrogen-bond donors (Lipinski definition) is 0. The fraction of sp³-hybridized carbons (Fsp3) is 0.0588. The normalized spacial score (nSPS) is 16.4. The molecule has 0 spiro atoms. The van der Waals surface area contributed by atoms with Crippen LogP contribution >= 0.6 is 23.4 Å². The molecule has 23 heavy (non-hydrogen) atoms. The minimum atomic E-state index is -0.371. The Morgan fingerprint density at radius 2 is 1.78 bits per heavy atom. The molecule has 1 saturated heterocycles. The molecule has 2 aromatic rings. The van der Waals surface area contributed by atoms with Gasteiger partial charge in [-0.25, -0.2) is 4.39 Å². The van der Waals surface area contributed by atoms with E-state index >= 15 is 0 Å². The zero-order valence-corrected chi connectivity index (χ0v) is 13.4. The maximum Gasteiger partial charge on any atom is 0.293 e. The van der Waals surface area contributed by atoms with Crippen LogP contribution in [0.15, 0.2) is 53.4 Å². The molecule has 3 nitrogen and oxygen atoms in total. The van der Waals surface area contributed by atoms with Gasteiger partial charge in [-0.05, 0) is 47.2 Å². The third-order valence-electron chi connectivity index (χ3n) is 3.33. The molecule has 6 heteroatoms. The third-order valence-corrected chi connectivity index (χ3v) is 4.60. The van der Waals surface area contributed by atoms with Crippen LogP contribution in [0, 0.1) is 5.82 Å². The smallest absolute Gasteiger partial charge is 0.268 e. The number of amides is 2. The predicted octanol–water partition coefficient (Wildman–Crippen LogP) is 4.72. The number of imide groups is 1. The summed E-state index contributed by atoms with van der Waals surface area (Å²) in [6.07, 6.45) is 1.58. The van der Waals surface area contributed by atoms with Crippen molar-refractivity contribution in [3.05, 3.63) is 75.4 Å². The van der Waals surface area contributed by atoms with Gasteiger partial charge in [0.25, 0.3) is 11.1 Å². The molecular formula is C17H11ClFNO2S. The fourth-order valence-corrected chi connectivity index (χ4v) is 3.18. The van der Waals surface area contributed by atoms with Gasteiger partial charge in [-0.1, -0.05) is 41.9 Å². The number of thioether (sulfide) groups is 1. The number of benzene rings is 2. The van der Waals surface area contributed by atoms with Crippen molar-refractivity contribution in [3.8, 4) is 0 Å². The van der Waals surface area contributed by atoms with E-state index in [-0.39, 0.29) is 23.5 Å². The van der Waals surface area contributed by atoms with Crippen LogP contribution in [0.1, 0.15) is 11.1 Å². The molecule has 1 heterocycles. The van der Waals surface area contributed by atoms with Gasteiger partial charge in [0.05, 0.1) is 11.4 Å². The average molecular weight is 348 g/mol. The van der Waals surface area contributed by atoms with E-state index in [1.54, 1.807) is 42.5 Å². The summed E-state index contributed by atoms with van der Waals surface area (Å²) in [7, 11) is 0. The standard InChI is InChI=1S/C17H11ClFNO2S/c18-14-4-2-1-3-12(14)10-20-16(21)15(23-17(20)22)9-11-5-7-13(19)8-6-11/h1-9H,10H2/b15-9+. The van der Waals surface area contributed by atoms with E-state index in [1.807, 2.05) is 0 Å². The van der Waals surface area contributed by atoms with Crippen LogP contribution in [0.2, 0.25) is 5.02 Å². The fourth-order valence-electron chi connectivity index (χ4n) is 2.14. The van der Waals surface area contributed by atoms with Crippen LogP contribution < -0.4 is 0 Å². The third kappa shape index (κ3) is 3.46. The van der Waals surface area contributed by atoms with Gasteiger partial charge in [-0.2, -0.15) is 0 Å². The minimum absolute atomic E-state index is 0.130. The lowest BCUT2D eigenvalue weighted by Crippen LogP contribution is -2.27. The van der Waals surface area contributed by atoms with E-state index in [9.17, 15) is 14.0 Å². The van der Waals surface area contributed by atoms with E-state index in [0.717, 1.165) is 16.7 Å². The molecule has 0 atom stereocenters. The van der Waals surface area contributed by atoms with Gasteiger partial charge in [0.15, 0.2) is 0 Å². The molecule has 0 saturated carbocycles. The Labute approximate surface area is 141 Å². The Hall–Kier alpha value is -2.11. The Kier molecular flexibility index (Phi) is 4.50. The van der Waals surface area contributed by atoms with E-state index < -0.39 is 0 Å². The number of hydrogen-bond acceptors (Lipinski definition) is 3. The van der Waals surface area contributed by atoms with Gasteiger partial charge in [-0.15, -0.1) is 0 Å². The summed E-state index contributed by atoms with van der Waals surface area (Å²) < 4.78 is 12.9. The summed E-state index contributed by atoms with van der Waals surface area (Å²) in [6.45, 7) is 0.130. The van der Waals surface area contributed by atoms with Gasteiger partial charge < -0.3 is 0 Å². The summed E-state index contributed by atoms with van der Waals surface area (Å²) in [5, 5.41) is 0.164. The molecule has 1 fully saturated rings. The highest BCUT2D eigenvalue weighted by atomic mass is 35.5. The van der Waals surface area contributed by atoms with E-state index in [4.69, 9.17) is 11.6 Å². The van der Waals surface area contributed by atoms with Crippen LogP contribution in [0.5, 0.6) is 0 Å². The Balaban J connectivity index is 1.82. The maximum absolute atomic E-state index is 12.9. The number of halogens is 2. The van der Waals surface area contributed by atoms with Crippen LogP contribution in [0.3, 0.4) is 0 Å². The SMILES string of the molecule is O=C1S/C(=C/c2ccc(F)cc2)C(=O)N1Cc1ccccc1Cl. The molecular weight excluding hydrogens is 337 g/mol. The summed E-state index contributed by atoms with van der Waals surface area (Å²) >= 11 is 6.94. The molecule has 1 aliphatic rings. The van der Waals surface area contributed by atoms with Crippen molar-refractivity contribution < 1.29 is 14.0 Å². The van der Waals surface area contributed by atoms with Crippen molar-refractivity contribution in [2.75, 3.05) is 0 Å². The molecule has 0 aromatic heterocycles. The van der Waals surface area contributed by atoms with E-state index in [0.29, 0.717) is 21.1 Å². The highest BCUT2D eigenvalue weighted by Gasteiger charge is 2.35. The van der Waals surface area contributed by atoms with Crippen LogP contribution in [-0.2, 0) is 11.3 Å². The van der Waals surface area contributed by atoms with Crippen molar-refractivity contribution in [3.63, 3.8) is 0 Å². The highest BCUT2D eigenvalue weighted by Crippen LogP contribution is 2.34. The quantitative estimate of drug-likeness (QED) is 0.754. The molecule has 116 valence electrons. The molecule has 0 aliphatic carbocycles. The summed E-state index contributed by atoms with van der Waals surface area (Å²) in [4.78, 5) is 25.9. The van der Waals surface area contributed by atoms with Crippen molar-refractivity contribution in [2.45, 2.75) is 6.54 Å².